The van der Waals surface area contributed by atoms with Gasteiger partial charge in [-0.2, -0.15) is 0 Å². The third kappa shape index (κ3) is 6.11. The molecule has 1 N–H and O–H groups in total. The van der Waals surface area contributed by atoms with E-state index >= 15 is 0 Å². The van der Waals surface area contributed by atoms with Gasteiger partial charge in [0, 0.05) is 19.1 Å². The molecule has 0 unspecified atom stereocenters. The lowest BCUT2D eigenvalue weighted by molar-refractivity contribution is -0.171. The smallest absolute Gasteiger partial charge is 0.337 e. The molecule has 2 fully saturated rings. The zero-order valence-corrected chi connectivity index (χ0v) is 23.2. The highest BCUT2D eigenvalue weighted by Gasteiger charge is 2.44. The minimum atomic E-state index is -0.476. The fraction of sp³-hybridized carbons (Fsp3) is 0.690. The number of fused-ring (bicyclic) bond motifs is 1. The Kier molecular flexibility index (Phi) is 8.17. The van der Waals surface area contributed by atoms with Gasteiger partial charge in [-0.15, -0.1) is 0 Å². The number of nitrogens with one attached hydrogen (secondary N) is 1. The van der Waals surface area contributed by atoms with Crippen LogP contribution in [-0.4, -0.2) is 57.8 Å². The topological polar surface area (TPSA) is 85.6 Å². The number of para-hydroxylation sites is 2. The van der Waals surface area contributed by atoms with E-state index in [4.69, 9.17) is 4.74 Å². The van der Waals surface area contributed by atoms with Gasteiger partial charge in [0.15, 0.2) is 0 Å². The molecule has 0 radical (unpaired) electrons. The number of esters is 1. The average Bonchev–Trinajstić information content (AvgIpc) is 3.15. The summed E-state index contributed by atoms with van der Waals surface area (Å²) in [5.74, 6) is 0.304. The van der Waals surface area contributed by atoms with Crippen LogP contribution < -0.4 is 11.0 Å². The third-order valence-electron chi connectivity index (χ3n) is 7.92. The van der Waals surface area contributed by atoms with Crippen LogP contribution in [-0.2, 0) is 9.53 Å². The number of benzene rings is 1. The predicted molar refractivity (Wildman–Crippen MR) is 146 cm³/mol. The van der Waals surface area contributed by atoms with E-state index in [1.165, 1.54) is 11.0 Å². The van der Waals surface area contributed by atoms with Crippen LogP contribution in [0.2, 0.25) is 0 Å². The second-order valence-electron chi connectivity index (χ2n) is 12.3. The van der Waals surface area contributed by atoms with Crippen molar-refractivity contribution < 1.29 is 14.3 Å². The van der Waals surface area contributed by atoms with Crippen LogP contribution in [0, 0.1) is 11.3 Å². The van der Waals surface area contributed by atoms with Gasteiger partial charge < -0.3 is 15.0 Å². The fourth-order valence-corrected chi connectivity index (χ4v) is 6.00. The first-order valence-electron chi connectivity index (χ1n) is 14.0. The van der Waals surface area contributed by atoms with Gasteiger partial charge in [0.05, 0.1) is 16.4 Å². The van der Waals surface area contributed by atoms with Crippen molar-refractivity contribution in [3.63, 3.8) is 0 Å². The van der Waals surface area contributed by atoms with Gasteiger partial charge in [-0.05, 0) is 91.4 Å². The molecule has 1 aliphatic carbocycles. The Balaban J connectivity index is 1.35. The van der Waals surface area contributed by atoms with Gasteiger partial charge in [0.1, 0.15) is 5.60 Å². The van der Waals surface area contributed by atoms with Crippen LogP contribution in [0.4, 0.5) is 4.79 Å². The van der Waals surface area contributed by atoms with Gasteiger partial charge in [-0.3, -0.25) is 9.36 Å². The van der Waals surface area contributed by atoms with E-state index in [-0.39, 0.29) is 23.7 Å². The molecule has 2 aliphatic rings. The van der Waals surface area contributed by atoms with Crippen molar-refractivity contribution in [3.8, 4) is 0 Å². The SMILES string of the molecule is CC(C)n1c(=O)n(C(=O)NCC2CCN(CC3(C(=O)OC(C)(C)C)CCCCC3)CC2)c2ccccc21. The lowest BCUT2D eigenvalue weighted by Gasteiger charge is -2.42. The van der Waals surface area contributed by atoms with Gasteiger partial charge >= 0.3 is 17.7 Å². The number of rotatable bonds is 6. The number of imidazole rings is 1. The molecule has 1 aliphatic heterocycles. The summed E-state index contributed by atoms with van der Waals surface area (Å²) in [7, 11) is 0. The van der Waals surface area contributed by atoms with E-state index < -0.39 is 11.0 Å². The number of aromatic nitrogens is 2. The molecule has 1 saturated carbocycles. The lowest BCUT2D eigenvalue weighted by Crippen LogP contribution is -2.49. The van der Waals surface area contributed by atoms with Gasteiger partial charge in [0.2, 0.25) is 0 Å². The van der Waals surface area contributed by atoms with Crippen LogP contribution >= 0.6 is 0 Å². The van der Waals surface area contributed by atoms with Gasteiger partial charge in [-0.1, -0.05) is 31.4 Å². The second-order valence-corrected chi connectivity index (χ2v) is 12.3. The lowest BCUT2D eigenvalue weighted by atomic mass is 9.73. The Morgan fingerprint density at radius 2 is 1.68 bits per heavy atom. The van der Waals surface area contributed by atoms with Crippen LogP contribution in [0.25, 0.3) is 11.0 Å². The van der Waals surface area contributed by atoms with Gasteiger partial charge in [0.25, 0.3) is 0 Å². The highest BCUT2D eigenvalue weighted by molar-refractivity contribution is 5.89. The maximum atomic E-state index is 13.2. The Morgan fingerprint density at radius 3 is 2.27 bits per heavy atom. The summed E-state index contributed by atoms with van der Waals surface area (Å²) < 4.78 is 8.79. The molecule has 37 heavy (non-hydrogen) atoms. The van der Waals surface area contributed by atoms with Crippen LogP contribution in [0.1, 0.15) is 85.6 Å². The third-order valence-corrected chi connectivity index (χ3v) is 7.92. The highest BCUT2D eigenvalue weighted by atomic mass is 16.6. The Labute approximate surface area is 220 Å². The summed E-state index contributed by atoms with van der Waals surface area (Å²) >= 11 is 0. The first-order chi connectivity index (χ1) is 17.5. The number of carbonyl (C=O) groups is 2. The normalized spacial score (nSPS) is 19.3. The summed E-state index contributed by atoms with van der Waals surface area (Å²) in [6, 6.07) is 7.03. The minimum absolute atomic E-state index is 0.0380. The summed E-state index contributed by atoms with van der Waals surface area (Å²) in [6.07, 6.45) is 7.04. The first kappa shape index (κ1) is 27.4. The van der Waals surface area contributed by atoms with Crippen molar-refractivity contribution in [3.05, 3.63) is 34.7 Å². The Bertz CT molecular complexity index is 1160. The van der Waals surface area contributed by atoms with Crippen molar-refractivity contribution in [2.75, 3.05) is 26.2 Å². The Hall–Kier alpha value is -2.61. The summed E-state index contributed by atoms with van der Waals surface area (Å²) in [6.45, 7) is 12.8. The molecule has 0 bridgehead atoms. The number of ether oxygens (including phenoxy) is 1. The second kappa shape index (κ2) is 11.0. The van der Waals surface area contributed by atoms with Crippen molar-refractivity contribution in [2.24, 2.45) is 11.3 Å². The number of nitrogens with zero attached hydrogens (tertiary/aromatic N) is 3. The fourth-order valence-electron chi connectivity index (χ4n) is 6.00. The average molecular weight is 513 g/mol. The molecule has 2 aromatic rings. The van der Waals surface area contributed by atoms with Gasteiger partial charge in [-0.25, -0.2) is 14.2 Å². The molecule has 204 valence electrons. The maximum Gasteiger partial charge on any atom is 0.337 e. The molecule has 8 nitrogen and oxygen atoms in total. The first-order valence-corrected chi connectivity index (χ1v) is 14.0. The quantitative estimate of drug-likeness (QED) is 0.554. The van der Waals surface area contributed by atoms with Crippen molar-refractivity contribution in [1.82, 2.24) is 19.4 Å². The largest absolute Gasteiger partial charge is 0.460 e. The Morgan fingerprint density at radius 1 is 1.05 bits per heavy atom. The van der Waals surface area contributed by atoms with Crippen molar-refractivity contribution >= 4 is 23.0 Å². The molecule has 1 amide bonds. The number of hydrogen-bond donors (Lipinski definition) is 1. The van der Waals surface area contributed by atoms with Crippen LogP contribution in [0.3, 0.4) is 0 Å². The molecule has 1 aromatic carbocycles. The van der Waals surface area contributed by atoms with E-state index in [0.29, 0.717) is 18.0 Å². The highest BCUT2D eigenvalue weighted by Crippen LogP contribution is 2.40. The molecule has 0 atom stereocenters. The number of hydrogen-bond acceptors (Lipinski definition) is 5. The monoisotopic (exact) mass is 512 g/mol. The molecule has 1 aromatic heterocycles. The van der Waals surface area contributed by atoms with E-state index in [9.17, 15) is 14.4 Å². The molecular formula is C29H44N4O4. The molecule has 1 saturated heterocycles. The zero-order chi connectivity index (χ0) is 26.8. The molecule has 0 spiro atoms. The number of amides is 1. The van der Waals surface area contributed by atoms with E-state index in [1.54, 1.807) is 4.57 Å². The minimum Gasteiger partial charge on any atom is -0.460 e. The van der Waals surface area contributed by atoms with Crippen LogP contribution in [0.15, 0.2) is 29.1 Å². The van der Waals surface area contributed by atoms with E-state index in [2.05, 4.69) is 10.2 Å². The van der Waals surface area contributed by atoms with Crippen molar-refractivity contribution in [2.45, 2.75) is 91.2 Å². The van der Waals surface area contributed by atoms with E-state index in [1.807, 2.05) is 58.9 Å². The van der Waals surface area contributed by atoms with Crippen molar-refractivity contribution in [1.29, 1.82) is 0 Å². The molecule has 8 heteroatoms. The van der Waals surface area contributed by atoms with Crippen LogP contribution in [0.5, 0.6) is 0 Å². The predicted octanol–water partition coefficient (Wildman–Crippen LogP) is 4.95. The molecule has 2 heterocycles. The zero-order valence-electron chi connectivity index (χ0n) is 23.2. The summed E-state index contributed by atoms with van der Waals surface area (Å²) in [5.41, 5.74) is 0.221. The number of piperidine rings is 1. The molecular weight excluding hydrogens is 468 g/mol. The number of likely N-dealkylation sites (tertiary alicyclic amines) is 1. The molecule has 4 rings (SSSR count). The summed E-state index contributed by atoms with van der Waals surface area (Å²) in [4.78, 5) is 41.8. The number of carbonyl (C=O) groups excluding carboxylic acids is 2. The maximum absolute atomic E-state index is 13.2. The van der Waals surface area contributed by atoms with E-state index in [0.717, 1.165) is 63.7 Å². The standard InChI is InChI=1S/C29H44N4O4/c1-21(2)32-23-11-7-8-12-24(23)33(27(32)36)26(35)30-19-22-13-17-31(18-14-22)20-29(15-9-6-10-16-29)25(34)37-28(3,4)5/h7-8,11-12,21-22H,6,9-10,13-20H2,1-5H3,(H,30,35). The summed E-state index contributed by atoms with van der Waals surface area (Å²) in [5, 5.41) is 3.02.